The van der Waals surface area contributed by atoms with Gasteiger partial charge in [-0.15, -0.1) is 0 Å². The Hall–Kier alpha value is -1.52. The van der Waals surface area contributed by atoms with Crippen LogP contribution in [0.2, 0.25) is 0 Å². The third kappa shape index (κ3) is 18.3. The highest BCUT2D eigenvalue weighted by molar-refractivity contribution is 5.96. The van der Waals surface area contributed by atoms with Crippen molar-refractivity contribution < 1.29 is 23.9 Å². The fourth-order valence-electron chi connectivity index (χ4n) is 0.766. The SMILES string of the molecule is CC(=O)CC(C)=O.CCOC(=O)CC(C)=O. The Balaban J connectivity index is 0. The minimum Gasteiger partial charge on any atom is -0.466 e. The van der Waals surface area contributed by atoms with Gasteiger partial charge in [0.05, 0.1) is 13.0 Å². The Bertz CT molecular complexity index is 256. The normalized spacial score (nSPS) is 8.50. The summed E-state index contributed by atoms with van der Waals surface area (Å²) >= 11 is 0. The number of hydrogen-bond donors (Lipinski definition) is 0. The summed E-state index contributed by atoms with van der Waals surface area (Å²) < 4.78 is 4.49. The Morgan fingerprint density at radius 1 is 0.812 bits per heavy atom. The molecule has 0 aliphatic rings. The van der Waals surface area contributed by atoms with Gasteiger partial charge in [0.1, 0.15) is 23.8 Å². The highest BCUT2D eigenvalue weighted by Crippen LogP contribution is 1.86. The Labute approximate surface area is 95.2 Å². The monoisotopic (exact) mass is 230 g/mol. The molecule has 0 saturated carbocycles. The maximum Gasteiger partial charge on any atom is 0.313 e. The summed E-state index contributed by atoms with van der Waals surface area (Å²) in [6.45, 7) is 6.21. The molecule has 0 heterocycles. The molecule has 0 fully saturated rings. The van der Waals surface area contributed by atoms with Gasteiger partial charge < -0.3 is 4.74 Å². The van der Waals surface area contributed by atoms with Crippen molar-refractivity contribution in [2.24, 2.45) is 0 Å². The lowest BCUT2D eigenvalue weighted by molar-refractivity contribution is -0.145. The topological polar surface area (TPSA) is 77.5 Å². The molecule has 0 bridgehead atoms. The van der Waals surface area contributed by atoms with Crippen LogP contribution in [0.4, 0.5) is 0 Å². The number of carbonyl (C=O) groups excluding carboxylic acids is 4. The van der Waals surface area contributed by atoms with Crippen molar-refractivity contribution in [3.05, 3.63) is 0 Å². The Morgan fingerprint density at radius 2 is 1.19 bits per heavy atom. The van der Waals surface area contributed by atoms with Gasteiger partial charge in [-0.1, -0.05) is 0 Å². The molecule has 0 radical (unpaired) electrons. The predicted molar refractivity (Wildman–Crippen MR) is 57.9 cm³/mol. The van der Waals surface area contributed by atoms with Crippen LogP contribution in [0.25, 0.3) is 0 Å². The zero-order valence-corrected chi connectivity index (χ0v) is 10.2. The molecule has 0 atom stereocenters. The maximum atomic E-state index is 10.4. The van der Waals surface area contributed by atoms with Gasteiger partial charge in [0, 0.05) is 0 Å². The average Bonchev–Trinajstić information content (AvgIpc) is 2.00. The van der Waals surface area contributed by atoms with Crippen molar-refractivity contribution >= 4 is 23.3 Å². The van der Waals surface area contributed by atoms with Crippen LogP contribution in [0.1, 0.15) is 40.5 Å². The van der Waals surface area contributed by atoms with E-state index in [9.17, 15) is 19.2 Å². The molecule has 5 nitrogen and oxygen atoms in total. The molecule has 0 spiro atoms. The summed E-state index contributed by atoms with van der Waals surface area (Å²) in [4.78, 5) is 40.7. The maximum absolute atomic E-state index is 10.4. The molecule has 0 aromatic rings. The van der Waals surface area contributed by atoms with Crippen LogP contribution < -0.4 is 0 Å². The summed E-state index contributed by atoms with van der Waals surface area (Å²) in [6.07, 6.45) is -0.0200. The molecule has 0 aliphatic carbocycles. The van der Waals surface area contributed by atoms with Gasteiger partial charge >= 0.3 is 5.97 Å². The van der Waals surface area contributed by atoms with Crippen LogP contribution in [0.5, 0.6) is 0 Å². The predicted octanol–water partition coefficient (Wildman–Crippen LogP) is 1.08. The molecule has 0 amide bonds. The molecule has 0 unspecified atom stereocenters. The molecule has 0 saturated heterocycles. The van der Waals surface area contributed by atoms with Gasteiger partial charge in [0.15, 0.2) is 0 Å². The zero-order chi connectivity index (χ0) is 13.1. The summed E-state index contributed by atoms with van der Waals surface area (Å²) in [5, 5.41) is 0. The van der Waals surface area contributed by atoms with E-state index in [-0.39, 0.29) is 30.2 Å². The molecular weight excluding hydrogens is 212 g/mol. The van der Waals surface area contributed by atoms with E-state index in [2.05, 4.69) is 4.74 Å². The van der Waals surface area contributed by atoms with Gasteiger partial charge in [-0.05, 0) is 27.7 Å². The summed E-state index contributed by atoms with van der Waals surface area (Å²) in [7, 11) is 0. The number of ketones is 3. The second-order valence-electron chi connectivity index (χ2n) is 3.26. The summed E-state index contributed by atoms with van der Waals surface area (Å²) in [6, 6.07) is 0. The molecule has 5 heteroatoms. The molecule has 0 rings (SSSR count). The van der Waals surface area contributed by atoms with Crippen molar-refractivity contribution in [2.45, 2.75) is 40.5 Å². The largest absolute Gasteiger partial charge is 0.466 e. The molecular formula is C11H18O5. The number of esters is 1. The first kappa shape index (κ1) is 16.9. The van der Waals surface area contributed by atoms with Crippen LogP contribution in [0.3, 0.4) is 0 Å². The molecule has 0 aromatic carbocycles. The van der Waals surface area contributed by atoms with Gasteiger partial charge in [-0.2, -0.15) is 0 Å². The second-order valence-corrected chi connectivity index (χ2v) is 3.26. The summed E-state index contributed by atoms with van der Waals surface area (Å²) in [5.74, 6) is -0.724. The van der Waals surface area contributed by atoms with Crippen molar-refractivity contribution in [3.8, 4) is 0 Å². The first-order valence-electron chi connectivity index (χ1n) is 4.93. The van der Waals surface area contributed by atoms with E-state index in [1.165, 1.54) is 20.8 Å². The first-order valence-corrected chi connectivity index (χ1v) is 4.93. The van der Waals surface area contributed by atoms with Crippen LogP contribution in [-0.2, 0) is 23.9 Å². The first-order chi connectivity index (χ1) is 7.29. The van der Waals surface area contributed by atoms with Crippen molar-refractivity contribution in [2.75, 3.05) is 6.61 Å². The zero-order valence-electron chi connectivity index (χ0n) is 10.2. The average molecular weight is 230 g/mol. The van der Waals surface area contributed by atoms with Gasteiger partial charge in [0.2, 0.25) is 0 Å². The standard InChI is InChI=1S/C6H10O3.C5H8O2/c1-3-9-6(8)4-5(2)7;1-4(6)3-5(2)7/h3-4H2,1-2H3;3H2,1-2H3. The number of hydrogen-bond acceptors (Lipinski definition) is 5. The number of rotatable bonds is 5. The highest BCUT2D eigenvalue weighted by atomic mass is 16.5. The minimum atomic E-state index is -0.440. The third-order valence-corrected chi connectivity index (χ3v) is 1.20. The fraction of sp³-hybridized carbons (Fsp3) is 0.636. The van der Waals surface area contributed by atoms with E-state index in [0.717, 1.165) is 0 Å². The summed E-state index contributed by atoms with van der Waals surface area (Å²) in [5.41, 5.74) is 0. The Kier molecular flexibility index (Phi) is 10.6. The lowest BCUT2D eigenvalue weighted by atomic mass is 10.2. The smallest absolute Gasteiger partial charge is 0.313 e. The van der Waals surface area contributed by atoms with Gasteiger partial charge in [-0.3, -0.25) is 19.2 Å². The number of ether oxygens (including phenoxy) is 1. The minimum absolute atomic E-state index is 0.0625. The van der Waals surface area contributed by atoms with Crippen LogP contribution in [0.15, 0.2) is 0 Å². The Morgan fingerprint density at radius 3 is 1.38 bits per heavy atom. The lowest BCUT2D eigenvalue weighted by Gasteiger charge is -1.96. The van der Waals surface area contributed by atoms with E-state index >= 15 is 0 Å². The van der Waals surface area contributed by atoms with Crippen LogP contribution in [-0.4, -0.2) is 29.9 Å². The van der Waals surface area contributed by atoms with E-state index in [1.54, 1.807) is 6.92 Å². The molecule has 16 heavy (non-hydrogen) atoms. The third-order valence-electron chi connectivity index (χ3n) is 1.20. The van der Waals surface area contributed by atoms with E-state index in [1.807, 2.05) is 0 Å². The van der Waals surface area contributed by atoms with Gasteiger partial charge in [0.25, 0.3) is 0 Å². The van der Waals surface area contributed by atoms with E-state index in [0.29, 0.717) is 6.61 Å². The van der Waals surface area contributed by atoms with E-state index in [4.69, 9.17) is 0 Å². The highest BCUT2D eigenvalue weighted by Gasteiger charge is 2.03. The molecule has 0 N–H and O–H groups in total. The fourth-order valence-corrected chi connectivity index (χ4v) is 0.766. The van der Waals surface area contributed by atoms with Crippen LogP contribution >= 0.6 is 0 Å². The second kappa shape index (κ2) is 10.0. The number of carbonyl (C=O) groups is 4. The van der Waals surface area contributed by atoms with Crippen molar-refractivity contribution in [1.29, 1.82) is 0 Å². The molecule has 0 aromatic heterocycles. The van der Waals surface area contributed by atoms with Crippen molar-refractivity contribution in [3.63, 3.8) is 0 Å². The van der Waals surface area contributed by atoms with E-state index < -0.39 is 5.97 Å². The lowest BCUT2D eigenvalue weighted by Crippen LogP contribution is -2.07. The number of Topliss-reactive ketones (excluding diaryl/α,β-unsaturated/α-hetero) is 3. The van der Waals surface area contributed by atoms with Gasteiger partial charge in [-0.25, -0.2) is 0 Å². The molecule has 92 valence electrons. The quantitative estimate of drug-likeness (QED) is 0.521. The van der Waals surface area contributed by atoms with Crippen LogP contribution in [0, 0.1) is 0 Å². The van der Waals surface area contributed by atoms with Crippen molar-refractivity contribution in [1.82, 2.24) is 0 Å². The molecule has 0 aliphatic heterocycles.